The molecular weight excluding hydrogens is 338 g/mol. The number of nitrogens with zero attached hydrogens (tertiary/aromatic N) is 1. The Morgan fingerprint density at radius 1 is 1.08 bits per heavy atom. The Morgan fingerprint density at radius 3 is 2.48 bits per heavy atom. The highest BCUT2D eigenvalue weighted by molar-refractivity contribution is 8.00. The van der Waals surface area contributed by atoms with E-state index in [9.17, 15) is 19.5 Å². The Morgan fingerprint density at radius 2 is 1.76 bits per heavy atom. The molecule has 1 saturated heterocycles. The largest absolute Gasteiger partial charge is 0.478 e. The second-order valence-electron chi connectivity index (χ2n) is 5.73. The summed E-state index contributed by atoms with van der Waals surface area (Å²) in [6.45, 7) is 0.347. The molecule has 1 aliphatic heterocycles. The fourth-order valence-corrected chi connectivity index (χ4v) is 3.96. The van der Waals surface area contributed by atoms with Crippen molar-refractivity contribution < 1.29 is 19.5 Å². The Balaban J connectivity index is 1.68. The molecule has 0 aromatic heterocycles. The first-order chi connectivity index (χ1) is 12.1. The summed E-state index contributed by atoms with van der Waals surface area (Å²) in [5.74, 6) is -1.49. The lowest BCUT2D eigenvalue weighted by Crippen LogP contribution is -2.33. The maximum Gasteiger partial charge on any atom is 0.336 e. The smallest absolute Gasteiger partial charge is 0.336 e. The molecule has 128 valence electrons. The standard InChI is InChI=1S/C19H17NO4S/c21-17-12-16(25-15-9-5-4-8-14(15)19(23)24)18(22)20(17)11-10-13-6-2-1-3-7-13/h1-9,16H,10-12H2,(H,23,24). The normalized spacial score (nSPS) is 17.1. The van der Waals surface area contributed by atoms with Crippen molar-refractivity contribution in [2.45, 2.75) is 23.0 Å². The van der Waals surface area contributed by atoms with Crippen molar-refractivity contribution in [3.63, 3.8) is 0 Å². The molecule has 1 N–H and O–H groups in total. The minimum Gasteiger partial charge on any atom is -0.478 e. The van der Waals surface area contributed by atoms with Crippen LogP contribution in [0.1, 0.15) is 22.3 Å². The van der Waals surface area contributed by atoms with Crippen LogP contribution in [0.3, 0.4) is 0 Å². The predicted molar refractivity (Wildman–Crippen MR) is 94.5 cm³/mol. The summed E-state index contributed by atoms with van der Waals surface area (Å²) in [4.78, 5) is 37.8. The Kier molecular flexibility index (Phi) is 5.19. The monoisotopic (exact) mass is 355 g/mol. The first kappa shape index (κ1) is 17.2. The number of carboxylic acids is 1. The van der Waals surface area contributed by atoms with E-state index < -0.39 is 11.2 Å². The van der Waals surface area contributed by atoms with Gasteiger partial charge in [-0.25, -0.2) is 4.79 Å². The number of benzene rings is 2. The van der Waals surface area contributed by atoms with Gasteiger partial charge < -0.3 is 5.11 Å². The highest BCUT2D eigenvalue weighted by Crippen LogP contribution is 2.33. The maximum atomic E-state index is 12.6. The number of carbonyl (C=O) groups is 3. The number of imide groups is 1. The summed E-state index contributed by atoms with van der Waals surface area (Å²) in [6.07, 6.45) is 0.716. The second-order valence-corrected chi connectivity index (χ2v) is 6.98. The van der Waals surface area contributed by atoms with Crippen LogP contribution in [-0.4, -0.2) is 39.6 Å². The summed E-state index contributed by atoms with van der Waals surface area (Å²) in [5.41, 5.74) is 1.21. The van der Waals surface area contributed by atoms with Crippen molar-refractivity contribution in [2.24, 2.45) is 0 Å². The molecule has 1 fully saturated rings. The zero-order valence-electron chi connectivity index (χ0n) is 13.4. The Hall–Kier alpha value is -2.60. The lowest BCUT2D eigenvalue weighted by atomic mass is 10.1. The molecule has 3 rings (SSSR count). The number of amides is 2. The van der Waals surface area contributed by atoms with Crippen molar-refractivity contribution in [1.29, 1.82) is 0 Å². The molecule has 6 heteroatoms. The van der Waals surface area contributed by atoms with E-state index in [0.29, 0.717) is 17.9 Å². The van der Waals surface area contributed by atoms with E-state index >= 15 is 0 Å². The molecule has 2 amide bonds. The van der Waals surface area contributed by atoms with Gasteiger partial charge in [0.25, 0.3) is 0 Å². The number of likely N-dealkylation sites (tertiary alicyclic amines) is 1. The zero-order chi connectivity index (χ0) is 17.8. The van der Waals surface area contributed by atoms with Crippen LogP contribution >= 0.6 is 11.8 Å². The van der Waals surface area contributed by atoms with Crippen molar-refractivity contribution in [1.82, 2.24) is 4.90 Å². The zero-order valence-corrected chi connectivity index (χ0v) is 14.2. The average molecular weight is 355 g/mol. The molecule has 0 saturated carbocycles. The first-order valence-corrected chi connectivity index (χ1v) is 8.81. The molecular formula is C19H17NO4S. The predicted octanol–water partition coefficient (Wildman–Crippen LogP) is 2.85. The van der Waals surface area contributed by atoms with E-state index in [-0.39, 0.29) is 23.8 Å². The second kappa shape index (κ2) is 7.53. The highest BCUT2D eigenvalue weighted by atomic mass is 32.2. The summed E-state index contributed by atoms with van der Waals surface area (Å²) >= 11 is 1.15. The van der Waals surface area contributed by atoms with Gasteiger partial charge in [-0.15, -0.1) is 11.8 Å². The van der Waals surface area contributed by atoms with Gasteiger partial charge in [0, 0.05) is 17.9 Å². The maximum absolute atomic E-state index is 12.6. The number of rotatable bonds is 6. The highest BCUT2D eigenvalue weighted by Gasteiger charge is 2.39. The van der Waals surface area contributed by atoms with E-state index in [4.69, 9.17) is 0 Å². The molecule has 1 heterocycles. The third-order valence-corrected chi connectivity index (χ3v) is 5.32. The first-order valence-electron chi connectivity index (χ1n) is 7.93. The fraction of sp³-hybridized carbons (Fsp3) is 0.211. The van der Waals surface area contributed by atoms with Gasteiger partial charge in [0.05, 0.1) is 10.8 Å². The summed E-state index contributed by atoms with van der Waals surface area (Å²) in [5, 5.41) is 8.68. The van der Waals surface area contributed by atoms with Crippen LogP contribution in [0, 0.1) is 0 Å². The summed E-state index contributed by atoms with van der Waals surface area (Å²) < 4.78 is 0. The molecule has 0 radical (unpaired) electrons. The fourth-order valence-electron chi connectivity index (χ4n) is 2.76. The van der Waals surface area contributed by atoms with Crippen LogP contribution in [0.5, 0.6) is 0 Å². The number of thioether (sulfide) groups is 1. The van der Waals surface area contributed by atoms with Gasteiger partial charge in [-0.05, 0) is 24.1 Å². The van der Waals surface area contributed by atoms with Gasteiger partial charge in [0.15, 0.2) is 0 Å². The topological polar surface area (TPSA) is 74.7 Å². The SMILES string of the molecule is O=C(O)c1ccccc1SC1CC(=O)N(CCc2ccccc2)C1=O. The van der Waals surface area contributed by atoms with Gasteiger partial charge in [0.1, 0.15) is 0 Å². The molecule has 2 aromatic carbocycles. The van der Waals surface area contributed by atoms with Crippen LogP contribution in [0.2, 0.25) is 0 Å². The molecule has 1 atom stereocenters. The van der Waals surface area contributed by atoms with Gasteiger partial charge in [0.2, 0.25) is 11.8 Å². The number of hydrogen-bond donors (Lipinski definition) is 1. The molecule has 0 spiro atoms. The molecule has 0 aliphatic carbocycles. The third-order valence-electron chi connectivity index (χ3n) is 4.06. The van der Waals surface area contributed by atoms with E-state index in [0.717, 1.165) is 17.3 Å². The quantitative estimate of drug-likeness (QED) is 0.807. The van der Waals surface area contributed by atoms with Crippen LogP contribution in [-0.2, 0) is 16.0 Å². The average Bonchev–Trinajstić information content (AvgIpc) is 2.88. The van der Waals surface area contributed by atoms with Gasteiger partial charge in [-0.3, -0.25) is 14.5 Å². The molecule has 25 heavy (non-hydrogen) atoms. The summed E-state index contributed by atoms with van der Waals surface area (Å²) in [7, 11) is 0. The van der Waals surface area contributed by atoms with Crippen LogP contribution in [0.25, 0.3) is 0 Å². The molecule has 1 aliphatic rings. The van der Waals surface area contributed by atoms with E-state index in [1.165, 1.54) is 11.0 Å². The summed E-state index contributed by atoms with van der Waals surface area (Å²) in [6, 6.07) is 16.2. The van der Waals surface area contributed by atoms with E-state index in [2.05, 4.69) is 0 Å². The minimum absolute atomic E-state index is 0.103. The van der Waals surface area contributed by atoms with Crippen LogP contribution in [0.15, 0.2) is 59.5 Å². The van der Waals surface area contributed by atoms with E-state index in [1.54, 1.807) is 18.2 Å². The number of aromatic carboxylic acids is 1. The molecule has 5 nitrogen and oxygen atoms in total. The Labute approximate surface area is 149 Å². The van der Waals surface area contributed by atoms with Crippen molar-refractivity contribution in [3.8, 4) is 0 Å². The Bertz CT molecular complexity index is 806. The molecule has 1 unspecified atom stereocenters. The number of hydrogen-bond acceptors (Lipinski definition) is 4. The number of carbonyl (C=O) groups excluding carboxylic acids is 2. The van der Waals surface area contributed by atoms with Crippen molar-refractivity contribution >= 4 is 29.5 Å². The van der Waals surface area contributed by atoms with Gasteiger partial charge in [-0.1, -0.05) is 42.5 Å². The lowest BCUT2D eigenvalue weighted by molar-refractivity contribution is -0.138. The van der Waals surface area contributed by atoms with E-state index in [1.807, 2.05) is 30.3 Å². The van der Waals surface area contributed by atoms with Gasteiger partial charge in [-0.2, -0.15) is 0 Å². The van der Waals surface area contributed by atoms with Crippen LogP contribution < -0.4 is 0 Å². The van der Waals surface area contributed by atoms with Crippen LogP contribution in [0.4, 0.5) is 0 Å². The van der Waals surface area contributed by atoms with Crippen molar-refractivity contribution in [2.75, 3.05) is 6.54 Å². The third kappa shape index (κ3) is 3.91. The number of carboxylic acid groups (broad SMARTS) is 1. The minimum atomic E-state index is -1.04. The molecule has 2 aromatic rings. The molecule has 0 bridgehead atoms. The van der Waals surface area contributed by atoms with Crippen molar-refractivity contribution in [3.05, 3.63) is 65.7 Å². The van der Waals surface area contributed by atoms with Gasteiger partial charge >= 0.3 is 5.97 Å². The lowest BCUT2D eigenvalue weighted by Gasteiger charge is -2.15.